The number of methoxy groups -OCH3 is 4. The van der Waals surface area contributed by atoms with E-state index in [-0.39, 0.29) is 17.9 Å². The number of carbonyl (C=O) groups is 2. The molecule has 3 aromatic rings. The molecule has 1 heterocycles. The normalized spacial score (nSPS) is 12.2. The largest absolute Gasteiger partial charge is 0.497 e. The first-order valence-corrected chi connectivity index (χ1v) is 10.6. The van der Waals surface area contributed by atoms with Crippen LogP contribution in [-0.4, -0.2) is 46.8 Å². The first-order valence-electron chi connectivity index (χ1n) is 10.6. The zero-order valence-electron chi connectivity index (χ0n) is 19.7. The highest BCUT2D eigenvalue weighted by atomic mass is 16.7. The highest BCUT2D eigenvalue weighted by Gasteiger charge is 2.25. The summed E-state index contributed by atoms with van der Waals surface area (Å²) in [6.45, 7) is 0.116. The fourth-order valence-corrected chi connectivity index (χ4v) is 3.67. The quantitative estimate of drug-likeness (QED) is 0.192. The molecule has 0 aliphatic carbocycles. The Hall–Kier alpha value is -4.46. The molecule has 180 valence electrons. The van der Waals surface area contributed by atoms with Crippen LogP contribution in [0.2, 0.25) is 0 Å². The molecule has 4 rings (SSSR count). The van der Waals surface area contributed by atoms with Crippen LogP contribution in [0, 0.1) is 0 Å². The minimum Gasteiger partial charge on any atom is -0.497 e. The van der Waals surface area contributed by atoms with Crippen molar-refractivity contribution in [1.82, 2.24) is 0 Å². The van der Waals surface area contributed by atoms with Gasteiger partial charge in [-0.05, 0) is 60.2 Å². The number of ketones is 2. The van der Waals surface area contributed by atoms with Crippen LogP contribution >= 0.6 is 0 Å². The molecule has 0 radical (unpaired) electrons. The highest BCUT2D eigenvalue weighted by Crippen LogP contribution is 2.39. The molecule has 8 heteroatoms. The second-order valence-corrected chi connectivity index (χ2v) is 7.47. The third kappa shape index (κ3) is 4.77. The molecule has 0 spiro atoms. The molecule has 35 heavy (non-hydrogen) atoms. The molecule has 0 aromatic heterocycles. The van der Waals surface area contributed by atoms with E-state index in [1.807, 2.05) is 0 Å². The van der Waals surface area contributed by atoms with Crippen molar-refractivity contribution in [2.45, 2.75) is 0 Å². The standard InChI is InChI=1S/C27H24O8/c1-30-19-8-6-17(7-9-19)25(28)20(11-16-5-10-21-22(12-16)35-15-34-21)26(29)18-13-23(31-2)27(33-4)24(14-18)32-3/h5-14H,15H2,1-4H3. The molecule has 0 saturated heterocycles. The van der Waals surface area contributed by atoms with Crippen LogP contribution < -0.4 is 28.4 Å². The molecule has 0 fully saturated rings. The van der Waals surface area contributed by atoms with Gasteiger partial charge in [-0.15, -0.1) is 0 Å². The van der Waals surface area contributed by atoms with Gasteiger partial charge in [0, 0.05) is 11.1 Å². The van der Waals surface area contributed by atoms with Crippen molar-refractivity contribution in [2.24, 2.45) is 0 Å². The number of Topliss-reactive ketones (excluding diaryl/α,β-unsaturated/α-hetero) is 2. The van der Waals surface area contributed by atoms with Gasteiger partial charge in [0.1, 0.15) is 5.75 Å². The Bertz CT molecular complexity index is 1270. The maximum atomic E-state index is 13.7. The third-order valence-corrected chi connectivity index (χ3v) is 5.48. The fourth-order valence-electron chi connectivity index (χ4n) is 3.67. The van der Waals surface area contributed by atoms with Crippen molar-refractivity contribution in [3.63, 3.8) is 0 Å². The molecule has 0 bridgehead atoms. The van der Waals surface area contributed by atoms with Crippen molar-refractivity contribution >= 4 is 17.6 Å². The summed E-state index contributed by atoms with van der Waals surface area (Å²) in [6, 6.07) is 14.8. The van der Waals surface area contributed by atoms with Gasteiger partial charge >= 0.3 is 0 Å². The van der Waals surface area contributed by atoms with Crippen LogP contribution in [0.5, 0.6) is 34.5 Å². The Labute approximate surface area is 202 Å². The average Bonchev–Trinajstić information content (AvgIpc) is 3.38. The summed E-state index contributed by atoms with van der Waals surface area (Å²) in [6.07, 6.45) is 1.53. The summed E-state index contributed by atoms with van der Waals surface area (Å²) in [4.78, 5) is 27.3. The van der Waals surface area contributed by atoms with E-state index in [0.717, 1.165) is 0 Å². The van der Waals surface area contributed by atoms with E-state index in [9.17, 15) is 9.59 Å². The number of hydrogen-bond donors (Lipinski definition) is 0. The van der Waals surface area contributed by atoms with Gasteiger partial charge < -0.3 is 28.4 Å². The molecule has 8 nitrogen and oxygen atoms in total. The SMILES string of the molecule is COc1ccc(C(=O)C(=Cc2ccc3c(c2)OCO3)C(=O)c2cc(OC)c(OC)c(OC)c2)cc1. The first-order chi connectivity index (χ1) is 17.0. The van der Waals surface area contributed by atoms with Gasteiger partial charge in [-0.25, -0.2) is 0 Å². The Morgan fingerprint density at radius 2 is 1.34 bits per heavy atom. The van der Waals surface area contributed by atoms with Crippen LogP contribution in [0.3, 0.4) is 0 Å². The van der Waals surface area contributed by atoms with Crippen molar-refractivity contribution in [3.05, 3.63) is 76.9 Å². The van der Waals surface area contributed by atoms with Crippen LogP contribution in [0.25, 0.3) is 6.08 Å². The average molecular weight is 476 g/mol. The summed E-state index contributed by atoms with van der Waals surface area (Å²) in [5.41, 5.74) is 1.09. The van der Waals surface area contributed by atoms with Gasteiger partial charge in [-0.1, -0.05) is 6.07 Å². The van der Waals surface area contributed by atoms with Gasteiger partial charge in [0.2, 0.25) is 12.5 Å². The predicted molar refractivity (Wildman–Crippen MR) is 128 cm³/mol. The number of carbonyl (C=O) groups excluding carboxylic acids is 2. The van der Waals surface area contributed by atoms with Gasteiger partial charge in [0.15, 0.2) is 34.6 Å². The lowest BCUT2D eigenvalue weighted by atomic mass is 9.93. The van der Waals surface area contributed by atoms with Crippen LogP contribution in [-0.2, 0) is 0 Å². The fraction of sp³-hybridized carbons (Fsp3) is 0.185. The first kappa shape index (κ1) is 23.7. The number of ether oxygens (including phenoxy) is 6. The lowest BCUT2D eigenvalue weighted by Gasteiger charge is -2.14. The van der Waals surface area contributed by atoms with Crippen LogP contribution in [0.15, 0.2) is 60.2 Å². The Balaban J connectivity index is 1.82. The van der Waals surface area contributed by atoms with Crippen molar-refractivity contribution in [1.29, 1.82) is 0 Å². The zero-order chi connectivity index (χ0) is 24.9. The van der Waals surface area contributed by atoms with E-state index in [2.05, 4.69) is 0 Å². The molecule has 0 N–H and O–H groups in total. The molecule has 0 saturated carbocycles. The minimum atomic E-state index is -0.511. The Morgan fingerprint density at radius 1 is 0.714 bits per heavy atom. The zero-order valence-corrected chi connectivity index (χ0v) is 19.7. The molecule has 0 atom stereocenters. The maximum Gasteiger partial charge on any atom is 0.231 e. The number of fused-ring (bicyclic) bond motifs is 1. The van der Waals surface area contributed by atoms with Crippen LogP contribution in [0.4, 0.5) is 0 Å². The highest BCUT2D eigenvalue weighted by molar-refractivity contribution is 6.33. The smallest absolute Gasteiger partial charge is 0.231 e. The van der Waals surface area contributed by atoms with Crippen molar-refractivity contribution in [2.75, 3.05) is 35.2 Å². The Kier molecular flexibility index (Phi) is 6.91. The van der Waals surface area contributed by atoms with Gasteiger partial charge in [0.05, 0.1) is 34.0 Å². The molecular weight excluding hydrogens is 452 g/mol. The van der Waals surface area contributed by atoms with E-state index in [0.29, 0.717) is 45.6 Å². The maximum absolute atomic E-state index is 13.7. The molecular formula is C27H24O8. The lowest BCUT2D eigenvalue weighted by molar-refractivity contribution is 0.0964. The number of allylic oxidation sites excluding steroid dienone is 1. The van der Waals surface area contributed by atoms with Crippen molar-refractivity contribution in [3.8, 4) is 34.5 Å². The molecule has 0 amide bonds. The molecule has 1 aliphatic heterocycles. The molecule has 1 aliphatic rings. The van der Waals surface area contributed by atoms with Gasteiger partial charge in [0.25, 0.3) is 0 Å². The predicted octanol–water partition coefficient (Wildman–Crippen LogP) is 4.60. The molecule has 0 unspecified atom stereocenters. The summed E-state index contributed by atoms with van der Waals surface area (Å²) in [7, 11) is 5.92. The van der Waals surface area contributed by atoms with E-state index < -0.39 is 11.6 Å². The summed E-state index contributed by atoms with van der Waals surface area (Å²) < 4.78 is 32.1. The molecule has 3 aromatic carbocycles. The Morgan fingerprint density at radius 3 is 1.94 bits per heavy atom. The van der Waals surface area contributed by atoms with E-state index in [4.69, 9.17) is 28.4 Å². The minimum absolute atomic E-state index is 0.0525. The number of benzene rings is 3. The summed E-state index contributed by atoms with van der Waals surface area (Å²) in [5.74, 6) is 1.71. The number of hydrogen-bond acceptors (Lipinski definition) is 8. The summed E-state index contributed by atoms with van der Waals surface area (Å²) >= 11 is 0. The topological polar surface area (TPSA) is 89.5 Å². The van der Waals surface area contributed by atoms with Gasteiger partial charge in [-0.3, -0.25) is 9.59 Å². The van der Waals surface area contributed by atoms with Gasteiger partial charge in [-0.2, -0.15) is 0 Å². The van der Waals surface area contributed by atoms with E-state index >= 15 is 0 Å². The van der Waals surface area contributed by atoms with E-state index in [1.54, 1.807) is 42.5 Å². The third-order valence-electron chi connectivity index (χ3n) is 5.48. The number of rotatable bonds is 9. The van der Waals surface area contributed by atoms with Crippen molar-refractivity contribution < 1.29 is 38.0 Å². The second kappa shape index (κ2) is 10.2. The lowest BCUT2D eigenvalue weighted by Crippen LogP contribution is -2.14. The van der Waals surface area contributed by atoms with Crippen LogP contribution in [0.1, 0.15) is 26.3 Å². The monoisotopic (exact) mass is 476 g/mol. The second-order valence-electron chi connectivity index (χ2n) is 7.47. The van der Waals surface area contributed by atoms with E-state index in [1.165, 1.54) is 46.6 Å². The summed E-state index contributed by atoms with van der Waals surface area (Å²) in [5, 5.41) is 0.